The van der Waals surface area contributed by atoms with Crippen LogP contribution in [0.5, 0.6) is 0 Å². The number of aromatic nitrogens is 1. The van der Waals surface area contributed by atoms with E-state index in [4.69, 9.17) is 11.6 Å². The van der Waals surface area contributed by atoms with Crippen LogP contribution in [0.4, 0.5) is 0 Å². The third-order valence-electron chi connectivity index (χ3n) is 6.59. The van der Waals surface area contributed by atoms with Gasteiger partial charge in [0, 0.05) is 42.0 Å². The second kappa shape index (κ2) is 7.52. The van der Waals surface area contributed by atoms with E-state index >= 15 is 0 Å². The first-order valence-electron chi connectivity index (χ1n) is 10.6. The molecule has 2 heterocycles. The van der Waals surface area contributed by atoms with Crippen molar-refractivity contribution in [2.45, 2.75) is 50.7 Å². The Morgan fingerprint density at radius 1 is 1.03 bits per heavy atom. The summed E-state index contributed by atoms with van der Waals surface area (Å²) in [7, 11) is 0. The highest BCUT2D eigenvalue weighted by Crippen LogP contribution is 2.37. The van der Waals surface area contributed by atoms with Crippen LogP contribution in [0.2, 0.25) is 5.02 Å². The van der Waals surface area contributed by atoms with Gasteiger partial charge in [-0.25, -0.2) is 0 Å². The van der Waals surface area contributed by atoms with E-state index in [0.717, 1.165) is 49.9 Å². The summed E-state index contributed by atoms with van der Waals surface area (Å²) in [6, 6.07) is 11.8. The monoisotopic (exact) mass is 411 g/mol. The number of benzene rings is 1. The van der Waals surface area contributed by atoms with E-state index in [1.807, 2.05) is 40.1 Å². The maximum atomic E-state index is 13.5. The largest absolute Gasteiger partial charge is 0.348 e. The van der Waals surface area contributed by atoms with Gasteiger partial charge in [0.15, 0.2) is 0 Å². The summed E-state index contributed by atoms with van der Waals surface area (Å²) >= 11 is 6.53. The number of hydrogen-bond acceptors (Lipinski definition) is 2. The molecule has 0 radical (unpaired) electrons. The molecule has 5 rings (SSSR count). The highest BCUT2D eigenvalue weighted by Gasteiger charge is 2.41. The summed E-state index contributed by atoms with van der Waals surface area (Å²) in [5.41, 5.74) is 2.01. The van der Waals surface area contributed by atoms with Gasteiger partial charge in [-0.15, -0.1) is 0 Å². The van der Waals surface area contributed by atoms with E-state index in [0.29, 0.717) is 11.6 Å². The van der Waals surface area contributed by atoms with Crippen molar-refractivity contribution in [3.05, 3.63) is 58.9 Å². The number of carbonyl (C=O) groups excluding carboxylic acids is 2. The van der Waals surface area contributed by atoms with Crippen molar-refractivity contribution in [2.75, 3.05) is 13.1 Å². The van der Waals surface area contributed by atoms with E-state index in [-0.39, 0.29) is 36.4 Å². The maximum absolute atomic E-state index is 13.5. The molecule has 2 aromatic rings. The second-order valence-electron chi connectivity index (χ2n) is 8.46. The van der Waals surface area contributed by atoms with Gasteiger partial charge in [-0.1, -0.05) is 36.2 Å². The van der Waals surface area contributed by atoms with Crippen LogP contribution >= 0.6 is 11.6 Å². The molecule has 2 saturated carbocycles. The van der Waals surface area contributed by atoms with Crippen LogP contribution in [0.1, 0.15) is 49.4 Å². The normalized spacial score (nSPS) is 21.4. The van der Waals surface area contributed by atoms with E-state index in [2.05, 4.69) is 16.8 Å². The highest BCUT2D eigenvalue weighted by atomic mass is 35.5. The van der Waals surface area contributed by atoms with Gasteiger partial charge in [-0.05, 0) is 49.4 Å². The lowest BCUT2D eigenvalue weighted by Crippen LogP contribution is -2.50. The minimum absolute atomic E-state index is 0.0157. The van der Waals surface area contributed by atoms with Crippen molar-refractivity contribution in [2.24, 2.45) is 5.92 Å². The average molecular weight is 412 g/mol. The Bertz CT molecular complexity index is 932. The van der Waals surface area contributed by atoms with E-state index in [1.165, 1.54) is 0 Å². The summed E-state index contributed by atoms with van der Waals surface area (Å²) in [5, 5.41) is 0.662. The first kappa shape index (κ1) is 18.7. The van der Waals surface area contributed by atoms with Gasteiger partial charge >= 0.3 is 0 Å². The molecule has 1 aromatic carbocycles. The van der Waals surface area contributed by atoms with Crippen LogP contribution < -0.4 is 0 Å². The predicted octanol–water partition coefficient (Wildman–Crippen LogP) is 3.86. The molecule has 1 aromatic heterocycles. The van der Waals surface area contributed by atoms with Gasteiger partial charge in [-0.2, -0.15) is 0 Å². The highest BCUT2D eigenvalue weighted by molar-refractivity contribution is 6.31. The van der Waals surface area contributed by atoms with Crippen molar-refractivity contribution >= 4 is 23.4 Å². The zero-order chi connectivity index (χ0) is 20.0. The molecule has 29 heavy (non-hydrogen) atoms. The minimum Gasteiger partial charge on any atom is -0.348 e. The molecule has 0 N–H and O–H groups in total. The van der Waals surface area contributed by atoms with Gasteiger partial charge in [-0.3, -0.25) is 9.59 Å². The van der Waals surface area contributed by atoms with Gasteiger partial charge in [0.05, 0.1) is 6.04 Å². The van der Waals surface area contributed by atoms with Crippen molar-refractivity contribution < 1.29 is 9.59 Å². The molecule has 3 aliphatic rings. The van der Waals surface area contributed by atoms with E-state index in [1.54, 1.807) is 0 Å². The van der Waals surface area contributed by atoms with Crippen LogP contribution in [0.25, 0.3) is 0 Å². The molecular formula is C23H26ClN3O2. The van der Waals surface area contributed by atoms with E-state index in [9.17, 15) is 9.59 Å². The number of carbonyl (C=O) groups is 2. The Morgan fingerprint density at radius 3 is 2.52 bits per heavy atom. The Balaban J connectivity index is 1.43. The smallest absolute Gasteiger partial charge is 0.243 e. The topological polar surface area (TPSA) is 45.6 Å². The average Bonchev–Trinajstić information content (AvgIpc) is 3.40. The molecule has 5 nitrogen and oxygen atoms in total. The molecule has 0 bridgehead atoms. The third-order valence-corrected chi connectivity index (χ3v) is 6.93. The molecule has 2 fully saturated rings. The molecule has 6 heteroatoms. The fourth-order valence-corrected chi connectivity index (χ4v) is 4.81. The number of amides is 2. The summed E-state index contributed by atoms with van der Waals surface area (Å²) in [6.45, 7) is 1.56. The van der Waals surface area contributed by atoms with Crippen molar-refractivity contribution in [1.82, 2.24) is 14.4 Å². The lowest BCUT2D eigenvalue weighted by atomic mass is 9.84. The van der Waals surface area contributed by atoms with Crippen LogP contribution in [0, 0.1) is 5.92 Å². The quantitative estimate of drug-likeness (QED) is 0.749. The number of nitrogens with zero attached hydrogens (tertiary/aromatic N) is 3. The molecule has 0 saturated heterocycles. The van der Waals surface area contributed by atoms with Gasteiger partial charge in [0.2, 0.25) is 11.8 Å². The molecule has 152 valence electrons. The van der Waals surface area contributed by atoms with Crippen molar-refractivity contribution in [3.8, 4) is 0 Å². The van der Waals surface area contributed by atoms with Crippen LogP contribution in [0.15, 0.2) is 42.6 Å². The summed E-state index contributed by atoms with van der Waals surface area (Å²) in [4.78, 5) is 30.2. The summed E-state index contributed by atoms with van der Waals surface area (Å²) < 4.78 is 2.19. The Morgan fingerprint density at radius 2 is 1.83 bits per heavy atom. The first-order valence-corrected chi connectivity index (χ1v) is 11.0. The summed E-state index contributed by atoms with van der Waals surface area (Å²) in [6.07, 6.45) is 7.15. The third kappa shape index (κ3) is 3.46. The predicted molar refractivity (Wildman–Crippen MR) is 112 cm³/mol. The Kier molecular flexibility index (Phi) is 4.86. The number of halogens is 1. The molecular weight excluding hydrogens is 386 g/mol. The molecule has 1 aliphatic heterocycles. The fraction of sp³-hybridized carbons (Fsp3) is 0.478. The van der Waals surface area contributed by atoms with Gasteiger partial charge < -0.3 is 14.4 Å². The van der Waals surface area contributed by atoms with Crippen molar-refractivity contribution in [1.29, 1.82) is 0 Å². The number of rotatable bonds is 5. The molecule has 0 unspecified atom stereocenters. The molecule has 2 aliphatic carbocycles. The molecule has 2 amide bonds. The zero-order valence-electron chi connectivity index (χ0n) is 16.5. The Hall–Kier alpha value is -2.27. The van der Waals surface area contributed by atoms with Crippen molar-refractivity contribution in [3.63, 3.8) is 0 Å². The number of hydrogen-bond donors (Lipinski definition) is 0. The lowest BCUT2D eigenvalue weighted by molar-refractivity contribution is -0.146. The minimum atomic E-state index is -0.222. The SMILES string of the molecule is O=C(C1CCC1)N(CC(=O)N1CCn2cccc2[C@H]1c1ccccc1Cl)C1CC1. The van der Waals surface area contributed by atoms with Crippen LogP contribution in [-0.2, 0) is 16.1 Å². The lowest BCUT2D eigenvalue weighted by Gasteiger charge is -2.39. The molecule has 1 atom stereocenters. The van der Waals surface area contributed by atoms with E-state index < -0.39 is 0 Å². The maximum Gasteiger partial charge on any atom is 0.243 e. The van der Waals surface area contributed by atoms with Crippen LogP contribution in [-0.4, -0.2) is 45.3 Å². The zero-order valence-corrected chi connectivity index (χ0v) is 17.2. The van der Waals surface area contributed by atoms with Gasteiger partial charge in [0.25, 0.3) is 0 Å². The number of fused-ring (bicyclic) bond motifs is 1. The fourth-order valence-electron chi connectivity index (χ4n) is 4.58. The molecule has 0 spiro atoms. The second-order valence-corrected chi connectivity index (χ2v) is 8.87. The van der Waals surface area contributed by atoms with Gasteiger partial charge in [0.1, 0.15) is 6.54 Å². The standard InChI is InChI=1S/C23H26ClN3O2/c24-19-8-2-1-7-18(19)22-20-9-4-12-25(20)13-14-26(22)21(28)15-27(17-10-11-17)23(29)16-5-3-6-16/h1-2,4,7-9,12,16-17,22H,3,5-6,10-11,13-15H2/t22-/m1/s1. The Labute approximate surface area is 176 Å². The van der Waals surface area contributed by atoms with Crippen LogP contribution in [0.3, 0.4) is 0 Å². The summed E-state index contributed by atoms with van der Waals surface area (Å²) in [5.74, 6) is 0.324. The first-order chi connectivity index (χ1) is 14.1.